The molecule has 0 spiro atoms. The largest absolute Gasteiger partial charge is 0.481 e. The van der Waals surface area contributed by atoms with E-state index in [1.54, 1.807) is 29.7 Å². The van der Waals surface area contributed by atoms with Crippen LogP contribution in [0.25, 0.3) is 28.2 Å². The summed E-state index contributed by atoms with van der Waals surface area (Å²) in [6.07, 6.45) is 0. The maximum Gasteiger partial charge on any atom is 0.215 e. The summed E-state index contributed by atoms with van der Waals surface area (Å²) < 4.78 is 21.4. The Morgan fingerprint density at radius 3 is 2.58 bits per heavy atom. The molecule has 0 saturated heterocycles. The van der Waals surface area contributed by atoms with Crippen LogP contribution in [0.1, 0.15) is 11.3 Å². The fourth-order valence-corrected chi connectivity index (χ4v) is 2.70. The van der Waals surface area contributed by atoms with Crippen LogP contribution in [0, 0.1) is 19.7 Å². The number of fused-ring (bicyclic) bond motifs is 3. The van der Waals surface area contributed by atoms with Gasteiger partial charge < -0.3 is 4.74 Å². The molecule has 0 aliphatic rings. The lowest BCUT2D eigenvalue weighted by atomic mass is 10.1. The monoisotopic (exact) mass is 323 g/mol. The Morgan fingerprint density at radius 2 is 1.83 bits per heavy atom. The average Bonchev–Trinajstić information content (AvgIpc) is 2.91. The third-order valence-corrected chi connectivity index (χ3v) is 3.89. The van der Waals surface area contributed by atoms with Gasteiger partial charge in [0.1, 0.15) is 11.3 Å². The van der Waals surface area contributed by atoms with Gasteiger partial charge in [0.2, 0.25) is 5.88 Å². The van der Waals surface area contributed by atoms with Gasteiger partial charge in [0.25, 0.3) is 0 Å². The highest BCUT2D eigenvalue weighted by Crippen LogP contribution is 2.27. The van der Waals surface area contributed by atoms with Gasteiger partial charge in [-0.3, -0.25) is 4.40 Å². The molecule has 3 aromatic heterocycles. The summed E-state index contributed by atoms with van der Waals surface area (Å²) >= 11 is 0. The van der Waals surface area contributed by atoms with E-state index < -0.39 is 0 Å². The topological polar surface area (TPSA) is 65.2 Å². The molecular weight excluding hydrogens is 309 g/mol. The van der Waals surface area contributed by atoms with Crippen molar-refractivity contribution in [3.05, 3.63) is 47.4 Å². The van der Waals surface area contributed by atoms with Crippen LogP contribution in [0.3, 0.4) is 0 Å². The smallest absolute Gasteiger partial charge is 0.215 e. The summed E-state index contributed by atoms with van der Waals surface area (Å²) in [7, 11) is 1.54. The Hall–Kier alpha value is -3.09. The summed E-state index contributed by atoms with van der Waals surface area (Å²) in [6.45, 7) is 3.65. The molecule has 0 unspecified atom stereocenters. The number of aromatic nitrogens is 5. The number of hydrogen-bond donors (Lipinski definition) is 0. The third-order valence-electron chi connectivity index (χ3n) is 3.89. The standard InChI is InChI=1S/C17H14FN5O/c1-9-4-5-11(12(18)8-9)16-19-10(2)15-22-21-13-6-7-14(24-3)20-17(13)23(15)16/h4-8H,1-3H3. The Morgan fingerprint density at radius 1 is 1.00 bits per heavy atom. The first-order valence-electron chi connectivity index (χ1n) is 7.41. The lowest BCUT2D eigenvalue weighted by molar-refractivity contribution is 0.399. The SMILES string of the molecule is COc1ccc2nnc3c(C)nc(-c4ccc(C)cc4F)n3c2n1. The molecule has 3 heterocycles. The van der Waals surface area contributed by atoms with E-state index in [-0.39, 0.29) is 5.82 Å². The van der Waals surface area contributed by atoms with Gasteiger partial charge in [-0.25, -0.2) is 9.37 Å². The van der Waals surface area contributed by atoms with Crippen LogP contribution in [0.4, 0.5) is 4.39 Å². The van der Waals surface area contributed by atoms with Crippen molar-refractivity contribution in [2.24, 2.45) is 0 Å². The molecule has 120 valence electrons. The lowest BCUT2D eigenvalue weighted by Gasteiger charge is -2.07. The fraction of sp³-hybridized carbons (Fsp3) is 0.176. The van der Waals surface area contributed by atoms with E-state index in [4.69, 9.17) is 4.74 Å². The van der Waals surface area contributed by atoms with Crippen molar-refractivity contribution in [2.45, 2.75) is 13.8 Å². The third kappa shape index (κ3) is 2.09. The number of nitrogens with zero attached hydrogens (tertiary/aromatic N) is 5. The predicted molar refractivity (Wildman–Crippen MR) is 87.5 cm³/mol. The molecule has 0 saturated carbocycles. The minimum absolute atomic E-state index is 0.338. The number of hydrogen-bond acceptors (Lipinski definition) is 5. The second kappa shape index (κ2) is 5.23. The zero-order valence-corrected chi connectivity index (χ0v) is 13.4. The normalized spacial score (nSPS) is 11.3. The van der Waals surface area contributed by atoms with Crippen molar-refractivity contribution in [3.8, 4) is 17.3 Å². The molecule has 0 radical (unpaired) electrons. The van der Waals surface area contributed by atoms with Gasteiger partial charge in [-0.2, -0.15) is 4.98 Å². The van der Waals surface area contributed by atoms with Crippen LogP contribution < -0.4 is 4.74 Å². The van der Waals surface area contributed by atoms with Crippen LogP contribution in [0.2, 0.25) is 0 Å². The molecule has 0 bridgehead atoms. The van der Waals surface area contributed by atoms with E-state index in [1.165, 1.54) is 6.07 Å². The first kappa shape index (κ1) is 14.5. The van der Waals surface area contributed by atoms with E-state index in [9.17, 15) is 4.39 Å². The van der Waals surface area contributed by atoms with Crippen molar-refractivity contribution in [1.82, 2.24) is 24.6 Å². The zero-order valence-electron chi connectivity index (χ0n) is 13.4. The van der Waals surface area contributed by atoms with Gasteiger partial charge in [-0.15, -0.1) is 10.2 Å². The van der Waals surface area contributed by atoms with Crippen molar-refractivity contribution in [3.63, 3.8) is 0 Å². The van der Waals surface area contributed by atoms with E-state index in [0.29, 0.717) is 39.8 Å². The van der Waals surface area contributed by atoms with E-state index in [1.807, 2.05) is 19.9 Å². The molecule has 24 heavy (non-hydrogen) atoms. The number of pyridine rings is 1. The average molecular weight is 323 g/mol. The molecule has 0 fully saturated rings. The highest BCUT2D eigenvalue weighted by Gasteiger charge is 2.18. The Bertz CT molecular complexity index is 1090. The minimum Gasteiger partial charge on any atom is -0.481 e. The molecule has 4 aromatic rings. The number of benzene rings is 1. The van der Waals surface area contributed by atoms with E-state index in [0.717, 1.165) is 5.56 Å². The number of halogens is 1. The van der Waals surface area contributed by atoms with Gasteiger partial charge in [0.15, 0.2) is 17.1 Å². The Kier molecular flexibility index (Phi) is 3.16. The summed E-state index contributed by atoms with van der Waals surface area (Å²) in [5.41, 5.74) is 3.53. The predicted octanol–water partition coefficient (Wildman–Crippen LogP) is 3.10. The number of aryl methyl sites for hydroxylation is 2. The van der Waals surface area contributed by atoms with Crippen LogP contribution in [-0.4, -0.2) is 31.7 Å². The number of ether oxygens (including phenoxy) is 1. The van der Waals surface area contributed by atoms with Crippen LogP contribution in [0.15, 0.2) is 30.3 Å². The van der Waals surface area contributed by atoms with Gasteiger partial charge in [-0.05, 0) is 37.6 Å². The van der Waals surface area contributed by atoms with Crippen molar-refractivity contribution >= 4 is 16.8 Å². The Labute approximate surface area is 137 Å². The van der Waals surface area contributed by atoms with Gasteiger partial charge >= 0.3 is 0 Å². The first-order chi connectivity index (χ1) is 11.6. The second-order valence-corrected chi connectivity index (χ2v) is 5.56. The minimum atomic E-state index is -0.338. The van der Waals surface area contributed by atoms with Crippen LogP contribution >= 0.6 is 0 Å². The molecule has 0 amide bonds. The number of rotatable bonds is 2. The second-order valence-electron chi connectivity index (χ2n) is 5.56. The van der Waals surface area contributed by atoms with Gasteiger partial charge in [0, 0.05) is 6.07 Å². The summed E-state index contributed by atoms with van der Waals surface area (Å²) in [5, 5.41) is 8.37. The van der Waals surface area contributed by atoms with Gasteiger partial charge in [-0.1, -0.05) is 6.07 Å². The van der Waals surface area contributed by atoms with Gasteiger partial charge in [0.05, 0.1) is 18.4 Å². The van der Waals surface area contributed by atoms with Crippen LogP contribution in [0.5, 0.6) is 5.88 Å². The van der Waals surface area contributed by atoms with E-state index in [2.05, 4.69) is 20.2 Å². The summed E-state index contributed by atoms with van der Waals surface area (Å²) in [5.74, 6) is 0.550. The summed E-state index contributed by atoms with van der Waals surface area (Å²) in [6, 6.07) is 8.51. The molecule has 4 rings (SSSR count). The molecular formula is C17H14FN5O. The molecule has 0 atom stereocenters. The molecule has 0 N–H and O–H groups in total. The fourth-order valence-electron chi connectivity index (χ4n) is 2.70. The van der Waals surface area contributed by atoms with Crippen molar-refractivity contribution < 1.29 is 9.13 Å². The maximum atomic E-state index is 14.5. The van der Waals surface area contributed by atoms with Crippen molar-refractivity contribution in [2.75, 3.05) is 7.11 Å². The van der Waals surface area contributed by atoms with E-state index >= 15 is 0 Å². The molecule has 0 aliphatic carbocycles. The van der Waals surface area contributed by atoms with Crippen LogP contribution in [-0.2, 0) is 0 Å². The van der Waals surface area contributed by atoms with Crippen molar-refractivity contribution in [1.29, 1.82) is 0 Å². The molecule has 1 aromatic carbocycles. The maximum absolute atomic E-state index is 14.5. The lowest BCUT2D eigenvalue weighted by Crippen LogP contribution is -2.01. The molecule has 6 nitrogen and oxygen atoms in total. The quantitative estimate of drug-likeness (QED) is 0.567. The first-order valence-corrected chi connectivity index (χ1v) is 7.41. The zero-order chi connectivity index (χ0) is 16.8. The molecule has 0 aliphatic heterocycles. The molecule has 7 heteroatoms. The summed E-state index contributed by atoms with van der Waals surface area (Å²) in [4.78, 5) is 8.94. The highest BCUT2D eigenvalue weighted by atomic mass is 19.1. The Balaban J connectivity index is 2.14. The number of methoxy groups -OCH3 is 1. The number of imidazole rings is 1. The highest BCUT2D eigenvalue weighted by molar-refractivity contribution is 5.77.